The second-order valence-corrected chi connectivity index (χ2v) is 15.2. The van der Waals surface area contributed by atoms with Crippen molar-refractivity contribution in [1.82, 2.24) is 38.2 Å². The fraction of sp³-hybridized carbons (Fsp3) is 0. The molecule has 0 aliphatic heterocycles. The molecular weight excluding hydrogens is 737 g/mol. The Bertz CT molecular complexity index is 3560. The van der Waals surface area contributed by atoms with Crippen LogP contribution in [0.3, 0.4) is 0 Å². The van der Waals surface area contributed by atoms with E-state index in [1.165, 1.54) is 10.8 Å². The van der Waals surface area contributed by atoms with Gasteiger partial charge in [-0.1, -0.05) is 127 Å². The lowest BCUT2D eigenvalue weighted by molar-refractivity contribution is 0.893. The molecule has 0 aliphatic carbocycles. The normalized spacial score (nSPS) is 12.0. The molecule has 0 amide bonds. The van der Waals surface area contributed by atoms with Gasteiger partial charge in [-0.15, -0.1) is 0 Å². The van der Waals surface area contributed by atoms with Crippen molar-refractivity contribution in [1.29, 1.82) is 0 Å². The molecule has 0 unspecified atom stereocenters. The molecule has 13 rings (SSSR count). The molecule has 280 valence electrons. The molecule has 8 nitrogen and oxygen atoms in total. The summed E-state index contributed by atoms with van der Waals surface area (Å²) in [6, 6.07) is 67.7. The first-order valence-electron chi connectivity index (χ1n) is 20.1. The summed E-state index contributed by atoms with van der Waals surface area (Å²) in [4.78, 5) is 21.5. The Labute approximate surface area is 342 Å². The molecule has 0 fully saturated rings. The van der Waals surface area contributed by atoms with Crippen molar-refractivity contribution >= 4 is 76.5 Å². The number of hydrogen-bond acceptors (Lipinski definition) is 4. The van der Waals surface area contributed by atoms with Crippen LogP contribution in [-0.4, -0.2) is 38.2 Å². The van der Waals surface area contributed by atoms with Gasteiger partial charge in [-0.05, 0) is 66.7 Å². The van der Waals surface area contributed by atoms with Crippen LogP contribution in [0.15, 0.2) is 194 Å². The van der Waals surface area contributed by atoms with Crippen LogP contribution in [0.25, 0.3) is 111 Å². The standard InChI is InChI=1S/C52H32N8/c1-2-16-34(17-3-1)57-48-31-30-33(32-41(48)53-52(57)60-46-28-14-8-22-39(46)40-23-9-15-29-47(40)60)49-54-50(58-42-24-10-4-18-35(42)36-19-5-11-25-43(36)58)56-51(55-49)59-44-26-12-6-20-37(44)38-21-7-13-27-45(38)59/h1-32H. The predicted molar refractivity (Wildman–Crippen MR) is 243 cm³/mol. The summed E-state index contributed by atoms with van der Waals surface area (Å²) >= 11 is 0. The highest BCUT2D eigenvalue weighted by Gasteiger charge is 2.23. The van der Waals surface area contributed by atoms with Crippen molar-refractivity contribution in [3.05, 3.63) is 194 Å². The molecule has 8 heteroatoms. The van der Waals surface area contributed by atoms with Crippen LogP contribution in [0.2, 0.25) is 0 Å². The van der Waals surface area contributed by atoms with Crippen LogP contribution in [0, 0.1) is 0 Å². The number of nitrogens with zero attached hydrogens (tertiary/aromatic N) is 8. The highest BCUT2D eigenvalue weighted by molar-refractivity contribution is 6.11. The summed E-state index contributed by atoms with van der Waals surface area (Å²) in [5, 5.41) is 6.91. The lowest BCUT2D eigenvalue weighted by Crippen LogP contribution is -2.10. The molecule has 0 N–H and O–H groups in total. The van der Waals surface area contributed by atoms with E-state index in [-0.39, 0.29) is 0 Å². The van der Waals surface area contributed by atoms with E-state index in [9.17, 15) is 0 Å². The van der Waals surface area contributed by atoms with E-state index in [0.717, 1.165) is 82.9 Å². The first-order valence-corrected chi connectivity index (χ1v) is 20.1. The molecule has 0 radical (unpaired) electrons. The summed E-state index contributed by atoms with van der Waals surface area (Å²) in [5.41, 5.74) is 9.94. The molecule has 8 aromatic carbocycles. The van der Waals surface area contributed by atoms with Gasteiger partial charge in [0.15, 0.2) is 5.82 Å². The topological polar surface area (TPSA) is 71.3 Å². The molecule has 0 aliphatic rings. The fourth-order valence-electron chi connectivity index (χ4n) is 9.29. The quantitative estimate of drug-likeness (QED) is 0.175. The van der Waals surface area contributed by atoms with Crippen molar-refractivity contribution in [2.45, 2.75) is 0 Å². The third-order valence-electron chi connectivity index (χ3n) is 11.9. The molecule has 0 bridgehead atoms. The average Bonchev–Trinajstić information content (AvgIpc) is 4.05. The van der Waals surface area contributed by atoms with Gasteiger partial charge >= 0.3 is 0 Å². The van der Waals surface area contributed by atoms with Crippen LogP contribution in [-0.2, 0) is 0 Å². The predicted octanol–water partition coefficient (Wildman–Crippen LogP) is 12.2. The highest BCUT2D eigenvalue weighted by Crippen LogP contribution is 2.37. The minimum atomic E-state index is 0.537. The van der Waals surface area contributed by atoms with Crippen LogP contribution < -0.4 is 0 Å². The van der Waals surface area contributed by atoms with E-state index in [0.29, 0.717) is 17.7 Å². The molecule has 60 heavy (non-hydrogen) atoms. The van der Waals surface area contributed by atoms with Gasteiger partial charge in [0.25, 0.3) is 0 Å². The van der Waals surface area contributed by atoms with Crippen LogP contribution in [0.1, 0.15) is 0 Å². The first-order chi connectivity index (χ1) is 29.8. The Morgan fingerprint density at radius 2 is 0.667 bits per heavy atom. The average molecular weight is 769 g/mol. The van der Waals surface area contributed by atoms with Crippen molar-refractivity contribution in [2.24, 2.45) is 0 Å². The summed E-state index contributed by atoms with van der Waals surface area (Å²) < 4.78 is 8.85. The highest BCUT2D eigenvalue weighted by atomic mass is 15.3. The summed E-state index contributed by atoms with van der Waals surface area (Å²) in [6.45, 7) is 0. The number of imidazole rings is 1. The van der Waals surface area contributed by atoms with E-state index < -0.39 is 0 Å². The molecule has 5 heterocycles. The summed E-state index contributed by atoms with van der Waals surface area (Å²) in [6.07, 6.45) is 0. The Morgan fingerprint density at radius 3 is 1.10 bits per heavy atom. The van der Waals surface area contributed by atoms with Crippen LogP contribution >= 0.6 is 0 Å². The van der Waals surface area contributed by atoms with E-state index in [4.69, 9.17) is 19.9 Å². The zero-order valence-electron chi connectivity index (χ0n) is 32.1. The molecule has 0 saturated carbocycles. The molecule has 0 spiro atoms. The SMILES string of the molecule is c1ccc(-n2c(-n3c4ccccc4c4ccccc43)nc3cc(-c4nc(-n5c6ccccc6c6ccccc65)nc(-n5c6ccccc6c6ccccc65)n4)ccc32)cc1. The van der Waals surface area contributed by atoms with E-state index in [2.05, 4.69) is 206 Å². The van der Waals surface area contributed by atoms with Gasteiger partial charge in [0.2, 0.25) is 17.8 Å². The van der Waals surface area contributed by atoms with E-state index in [1.807, 2.05) is 6.07 Å². The van der Waals surface area contributed by atoms with Gasteiger partial charge in [-0.25, -0.2) is 4.98 Å². The van der Waals surface area contributed by atoms with E-state index >= 15 is 0 Å². The van der Waals surface area contributed by atoms with Crippen molar-refractivity contribution < 1.29 is 0 Å². The molecule has 0 saturated heterocycles. The van der Waals surface area contributed by atoms with Gasteiger partial charge in [-0.3, -0.25) is 18.3 Å². The first kappa shape index (κ1) is 32.7. The zero-order valence-corrected chi connectivity index (χ0v) is 32.1. The number of rotatable bonds is 5. The largest absolute Gasteiger partial charge is 0.279 e. The molecular formula is C52H32N8. The minimum absolute atomic E-state index is 0.537. The van der Waals surface area contributed by atoms with Crippen LogP contribution in [0.5, 0.6) is 0 Å². The Balaban J connectivity index is 1.10. The maximum Gasteiger partial charge on any atom is 0.240 e. The maximum atomic E-state index is 5.47. The van der Waals surface area contributed by atoms with Crippen LogP contribution in [0.4, 0.5) is 0 Å². The number of benzene rings is 8. The number of para-hydroxylation sites is 7. The lowest BCUT2D eigenvalue weighted by atomic mass is 10.2. The Morgan fingerprint density at radius 1 is 0.283 bits per heavy atom. The van der Waals surface area contributed by atoms with Gasteiger partial charge in [-0.2, -0.15) is 15.0 Å². The van der Waals surface area contributed by atoms with E-state index in [1.54, 1.807) is 0 Å². The third-order valence-corrected chi connectivity index (χ3v) is 11.9. The maximum absolute atomic E-state index is 5.47. The fourth-order valence-corrected chi connectivity index (χ4v) is 9.29. The van der Waals surface area contributed by atoms with Crippen molar-refractivity contribution in [3.8, 4) is 34.9 Å². The lowest BCUT2D eigenvalue weighted by Gasteiger charge is -2.13. The summed E-state index contributed by atoms with van der Waals surface area (Å²) in [7, 11) is 0. The molecule has 13 aromatic rings. The molecule has 0 atom stereocenters. The summed E-state index contributed by atoms with van der Waals surface area (Å²) in [5.74, 6) is 2.43. The van der Waals surface area contributed by atoms with Gasteiger partial charge in [0.1, 0.15) is 0 Å². The Hall–Kier alpha value is -8.36. The third kappa shape index (κ3) is 4.67. The van der Waals surface area contributed by atoms with Crippen molar-refractivity contribution in [2.75, 3.05) is 0 Å². The minimum Gasteiger partial charge on any atom is -0.279 e. The number of fused-ring (bicyclic) bond motifs is 10. The smallest absolute Gasteiger partial charge is 0.240 e. The van der Waals surface area contributed by atoms with Crippen molar-refractivity contribution in [3.63, 3.8) is 0 Å². The second kappa shape index (κ2) is 12.6. The monoisotopic (exact) mass is 768 g/mol. The Kier molecular flexibility index (Phi) is 6.85. The second-order valence-electron chi connectivity index (χ2n) is 15.2. The number of aromatic nitrogens is 8. The zero-order chi connectivity index (χ0) is 39.3. The van der Waals surface area contributed by atoms with Gasteiger partial charge in [0.05, 0.1) is 44.1 Å². The van der Waals surface area contributed by atoms with Gasteiger partial charge in [0, 0.05) is 43.6 Å². The van der Waals surface area contributed by atoms with Gasteiger partial charge < -0.3 is 0 Å². The molecule has 5 aromatic heterocycles. The number of hydrogen-bond donors (Lipinski definition) is 0.